The number of carbonyl (C=O) groups is 1. The van der Waals surface area contributed by atoms with Crippen molar-refractivity contribution in [1.29, 1.82) is 0 Å². The smallest absolute Gasteiger partial charge is 0.270 e. The molecule has 0 saturated heterocycles. The molecule has 0 radical (unpaired) electrons. The molecule has 0 bridgehead atoms. The van der Waals surface area contributed by atoms with Gasteiger partial charge in [0.05, 0.1) is 11.5 Å². The number of carbonyl (C=O) groups excluding carboxylic acids is 1. The number of aromatic nitrogens is 2. The van der Waals surface area contributed by atoms with Gasteiger partial charge in [0.1, 0.15) is 6.61 Å². The first-order valence-electron chi connectivity index (χ1n) is 11.1. The molecule has 0 atom stereocenters. The summed E-state index contributed by atoms with van der Waals surface area (Å²) in [7, 11) is 0. The zero-order valence-electron chi connectivity index (χ0n) is 18.9. The van der Waals surface area contributed by atoms with Gasteiger partial charge in [-0.2, -0.15) is 4.98 Å². The molecule has 0 aliphatic rings. The van der Waals surface area contributed by atoms with Gasteiger partial charge in [0, 0.05) is 37.2 Å². The summed E-state index contributed by atoms with van der Waals surface area (Å²) in [6.07, 6.45) is 0.333. The van der Waals surface area contributed by atoms with Crippen molar-refractivity contribution < 1.29 is 19.0 Å². The standard InChI is InChI=1S/C26H24N4O5/c31-25(19-34-18-21-10-5-2-6-11-21)29(17-20-8-3-1-4-9-20)15-14-24-27-26(28-35-24)22-12-7-13-23(16-22)30(32)33/h1-13,16H,14-15,17-19H2. The molecule has 0 fully saturated rings. The number of nitro groups is 1. The number of nitro benzene ring substituents is 1. The van der Waals surface area contributed by atoms with Gasteiger partial charge in [-0.25, -0.2) is 0 Å². The average Bonchev–Trinajstić information content (AvgIpc) is 3.37. The van der Waals surface area contributed by atoms with E-state index in [1.54, 1.807) is 17.0 Å². The SMILES string of the molecule is O=C(COCc1ccccc1)N(CCc1nc(-c2cccc([N+](=O)[O-])c2)no1)Cc1ccccc1. The van der Waals surface area contributed by atoms with Crippen molar-refractivity contribution in [2.45, 2.75) is 19.6 Å². The quantitative estimate of drug-likeness (QED) is 0.234. The van der Waals surface area contributed by atoms with E-state index >= 15 is 0 Å². The molecule has 0 aliphatic carbocycles. The highest BCUT2D eigenvalue weighted by molar-refractivity contribution is 5.77. The third-order valence-electron chi connectivity index (χ3n) is 5.28. The molecule has 1 heterocycles. The van der Waals surface area contributed by atoms with Gasteiger partial charge in [0.2, 0.25) is 17.6 Å². The topological polar surface area (TPSA) is 112 Å². The van der Waals surface area contributed by atoms with Gasteiger partial charge in [-0.3, -0.25) is 14.9 Å². The van der Waals surface area contributed by atoms with Gasteiger partial charge in [0.15, 0.2) is 0 Å². The molecule has 0 N–H and O–H groups in total. The minimum absolute atomic E-state index is 0.0511. The number of amides is 1. The highest BCUT2D eigenvalue weighted by Crippen LogP contribution is 2.21. The van der Waals surface area contributed by atoms with Crippen LogP contribution in [0.4, 0.5) is 5.69 Å². The molecule has 0 unspecified atom stereocenters. The van der Waals surface area contributed by atoms with Gasteiger partial charge >= 0.3 is 0 Å². The maximum Gasteiger partial charge on any atom is 0.270 e. The molecule has 0 aliphatic heterocycles. The number of rotatable bonds is 11. The zero-order valence-corrected chi connectivity index (χ0v) is 18.9. The minimum Gasteiger partial charge on any atom is -0.367 e. The third-order valence-corrected chi connectivity index (χ3v) is 5.28. The predicted molar refractivity (Wildman–Crippen MR) is 128 cm³/mol. The molecule has 9 heteroatoms. The van der Waals surface area contributed by atoms with E-state index in [1.807, 2.05) is 60.7 Å². The summed E-state index contributed by atoms with van der Waals surface area (Å²) in [4.78, 5) is 29.6. The second-order valence-electron chi connectivity index (χ2n) is 7.85. The van der Waals surface area contributed by atoms with Crippen LogP contribution >= 0.6 is 0 Å². The first-order chi connectivity index (χ1) is 17.1. The molecule has 0 saturated carbocycles. The third kappa shape index (κ3) is 6.81. The minimum atomic E-state index is -0.475. The number of non-ortho nitro benzene ring substituents is 1. The van der Waals surface area contributed by atoms with Crippen LogP contribution in [0.3, 0.4) is 0 Å². The van der Waals surface area contributed by atoms with E-state index in [-0.39, 0.29) is 24.0 Å². The summed E-state index contributed by atoms with van der Waals surface area (Å²) in [5.41, 5.74) is 2.42. The van der Waals surface area contributed by atoms with Crippen molar-refractivity contribution in [3.8, 4) is 11.4 Å². The molecule has 35 heavy (non-hydrogen) atoms. The predicted octanol–water partition coefficient (Wildman–Crippen LogP) is 4.43. The van der Waals surface area contributed by atoms with Gasteiger partial charge in [-0.1, -0.05) is 78.0 Å². The summed E-state index contributed by atoms with van der Waals surface area (Å²) < 4.78 is 11.0. The maximum absolute atomic E-state index is 13.0. The summed E-state index contributed by atoms with van der Waals surface area (Å²) in [6.45, 7) is 1.06. The molecular formula is C26H24N4O5. The van der Waals surface area contributed by atoms with E-state index in [2.05, 4.69) is 10.1 Å². The first kappa shape index (κ1) is 23.8. The van der Waals surface area contributed by atoms with Gasteiger partial charge in [0.25, 0.3) is 5.69 Å². The van der Waals surface area contributed by atoms with Crippen molar-refractivity contribution in [2.75, 3.05) is 13.2 Å². The molecule has 4 aromatic rings. The Morgan fingerprint density at radius 3 is 2.40 bits per heavy atom. The van der Waals surface area contributed by atoms with Crippen LogP contribution in [0.2, 0.25) is 0 Å². The van der Waals surface area contributed by atoms with Crippen LogP contribution in [-0.4, -0.2) is 39.0 Å². The van der Waals surface area contributed by atoms with Crippen LogP contribution in [0, 0.1) is 10.1 Å². The van der Waals surface area contributed by atoms with Crippen LogP contribution < -0.4 is 0 Å². The lowest BCUT2D eigenvalue weighted by Gasteiger charge is -2.22. The lowest BCUT2D eigenvalue weighted by Crippen LogP contribution is -2.35. The Kier molecular flexibility index (Phi) is 7.92. The lowest BCUT2D eigenvalue weighted by atomic mass is 10.2. The summed E-state index contributed by atoms with van der Waals surface area (Å²) in [5, 5.41) is 15.0. The fourth-order valence-electron chi connectivity index (χ4n) is 3.48. The Hall–Kier alpha value is -4.37. The monoisotopic (exact) mass is 472 g/mol. The van der Waals surface area contributed by atoms with Crippen molar-refractivity contribution in [1.82, 2.24) is 15.0 Å². The van der Waals surface area contributed by atoms with Crippen LogP contribution in [0.1, 0.15) is 17.0 Å². The van der Waals surface area contributed by atoms with Crippen LogP contribution in [-0.2, 0) is 29.1 Å². The summed E-state index contributed by atoms with van der Waals surface area (Å²) >= 11 is 0. The number of hydrogen-bond acceptors (Lipinski definition) is 7. The molecular weight excluding hydrogens is 448 g/mol. The molecule has 9 nitrogen and oxygen atoms in total. The number of benzene rings is 3. The molecule has 3 aromatic carbocycles. The van der Waals surface area contributed by atoms with E-state index in [1.165, 1.54) is 12.1 Å². The zero-order chi connectivity index (χ0) is 24.5. The summed E-state index contributed by atoms with van der Waals surface area (Å²) in [5.74, 6) is 0.446. The molecule has 0 spiro atoms. The van der Waals surface area contributed by atoms with Crippen LogP contribution in [0.25, 0.3) is 11.4 Å². The Bertz CT molecular complexity index is 1260. The van der Waals surface area contributed by atoms with Crippen molar-refractivity contribution in [2.24, 2.45) is 0 Å². The summed E-state index contributed by atoms with van der Waals surface area (Å²) in [6, 6.07) is 25.4. The van der Waals surface area contributed by atoms with Gasteiger partial charge in [-0.05, 0) is 11.1 Å². The van der Waals surface area contributed by atoms with E-state index in [4.69, 9.17) is 9.26 Å². The Balaban J connectivity index is 1.40. The van der Waals surface area contributed by atoms with E-state index < -0.39 is 4.92 Å². The van der Waals surface area contributed by atoms with E-state index in [9.17, 15) is 14.9 Å². The molecule has 1 aromatic heterocycles. The lowest BCUT2D eigenvalue weighted by molar-refractivity contribution is -0.384. The largest absolute Gasteiger partial charge is 0.367 e. The highest BCUT2D eigenvalue weighted by Gasteiger charge is 2.17. The average molecular weight is 473 g/mol. The van der Waals surface area contributed by atoms with Gasteiger partial charge in [-0.15, -0.1) is 0 Å². The van der Waals surface area contributed by atoms with Crippen molar-refractivity contribution in [3.05, 3.63) is 112 Å². The molecule has 4 rings (SSSR count). The number of ether oxygens (including phenoxy) is 1. The van der Waals surface area contributed by atoms with Crippen LogP contribution in [0.5, 0.6) is 0 Å². The van der Waals surface area contributed by atoms with E-state index in [0.29, 0.717) is 37.6 Å². The fraction of sp³-hybridized carbons (Fsp3) is 0.192. The van der Waals surface area contributed by atoms with Crippen molar-refractivity contribution >= 4 is 11.6 Å². The fourth-order valence-corrected chi connectivity index (χ4v) is 3.48. The maximum atomic E-state index is 13.0. The van der Waals surface area contributed by atoms with E-state index in [0.717, 1.165) is 11.1 Å². The second-order valence-corrected chi connectivity index (χ2v) is 7.85. The van der Waals surface area contributed by atoms with Gasteiger partial charge < -0.3 is 14.2 Å². The van der Waals surface area contributed by atoms with Crippen LogP contribution in [0.15, 0.2) is 89.5 Å². The Morgan fingerprint density at radius 1 is 0.971 bits per heavy atom. The molecule has 1 amide bonds. The number of nitrogens with zero attached hydrogens (tertiary/aromatic N) is 4. The highest BCUT2D eigenvalue weighted by atomic mass is 16.6. The van der Waals surface area contributed by atoms with Crippen molar-refractivity contribution in [3.63, 3.8) is 0 Å². The Labute approximate surface area is 202 Å². The normalized spacial score (nSPS) is 10.7. The second kappa shape index (κ2) is 11.7. The Morgan fingerprint density at radius 2 is 1.69 bits per heavy atom. The molecule has 178 valence electrons. The number of hydrogen-bond donors (Lipinski definition) is 0. The first-order valence-corrected chi connectivity index (χ1v) is 11.1.